The van der Waals surface area contributed by atoms with Crippen molar-refractivity contribution in [1.82, 2.24) is 0 Å². The summed E-state index contributed by atoms with van der Waals surface area (Å²) in [4.78, 5) is 13.8. The van der Waals surface area contributed by atoms with Gasteiger partial charge in [0.05, 0.1) is 26.7 Å². The summed E-state index contributed by atoms with van der Waals surface area (Å²) >= 11 is 0. The minimum atomic E-state index is -1.82. The lowest BCUT2D eigenvalue weighted by molar-refractivity contribution is -0.918. The Hall–Kier alpha value is -2.95. The third kappa shape index (κ3) is 5.23. The van der Waals surface area contributed by atoms with Gasteiger partial charge in [-0.1, -0.05) is 91.0 Å². The topological polar surface area (TPSA) is 46.5 Å². The van der Waals surface area contributed by atoms with Crippen molar-refractivity contribution in [3.63, 3.8) is 0 Å². The number of unbranched alkanes of at least 4 members (excludes halogenated alkanes) is 1. The number of aryl methyl sites for hydroxylation is 1. The van der Waals surface area contributed by atoms with Gasteiger partial charge in [0.1, 0.15) is 6.10 Å². The normalized spacial score (nSPS) is 23.2. The van der Waals surface area contributed by atoms with Crippen molar-refractivity contribution in [2.75, 3.05) is 20.6 Å². The number of hydrogen-bond acceptors (Lipinski definition) is 3. The maximum absolute atomic E-state index is 13.8. The van der Waals surface area contributed by atoms with Crippen molar-refractivity contribution in [3.05, 3.63) is 108 Å². The van der Waals surface area contributed by atoms with Gasteiger partial charge in [0.2, 0.25) is 5.60 Å². The van der Waals surface area contributed by atoms with E-state index in [0.717, 1.165) is 36.7 Å². The number of rotatable bonds is 10. The molecule has 4 atom stereocenters. The Kier molecular flexibility index (Phi) is 7.50. The summed E-state index contributed by atoms with van der Waals surface area (Å²) in [7, 11) is 4.69. The average Bonchev–Trinajstić information content (AvgIpc) is 3.49. The first-order valence-electron chi connectivity index (χ1n) is 13.8. The Morgan fingerprint density at radius 1 is 0.865 bits per heavy atom. The molecule has 3 aromatic carbocycles. The Morgan fingerprint density at radius 2 is 1.43 bits per heavy atom. The summed E-state index contributed by atoms with van der Waals surface area (Å²) in [5, 5.41) is 11.9. The summed E-state index contributed by atoms with van der Waals surface area (Å²) in [6, 6.07) is 29.6. The van der Waals surface area contributed by atoms with Crippen molar-refractivity contribution in [2.45, 2.75) is 56.3 Å². The van der Waals surface area contributed by atoms with E-state index in [2.05, 4.69) is 44.4 Å². The Labute approximate surface area is 221 Å². The summed E-state index contributed by atoms with van der Waals surface area (Å²) in [6.07, 6.45) is 6.64. The number of hydrogen-bond donors (Lipinski definition) is 1. The number of benzene rings is 3. The van der Waals surface area contributed by atoms with E-state index in [0.29, 0.717) is 29.0 Å². The number of aliphatic hydroxyl groups is 1. The summed E-state index contributed by atoms with van der Waals surface area (Å²) < 4.78 is 7.25. The fraction of sp³-hybridized carbons (Fsp3) is 0.424. The zero-order valence-corrected chi connectivity index (χ0v) is 22.1. The van der Waals surface area contributed by atoms with Crippen molar-refractivity contribution in [2.24, 2.45) is 11.8 Å². The van der Waals surface area contributed by atoms with Crippen molar-refractivity contribution >= 4 is 5.97 Å². The number of carbonyl (C=O) groups excluding carboxylic acids is 1. The van der Waals surface area contributed by atoms with Crippen LogP contribution in [0.1, 0.15) is 48.8 Å². The Bertz CT molecular complexity index is 1120. The molecule has 194 valence electrons. The van der Waals surface area contributed by atoms with Crippen molar-refractivity contribution in [3.8, 4) is 0 Å². The summed E-state index contributed by atoms with van der Waals surface area (Å²) in [5.41, 5.74) is 0.677. The molecule has 2 bridgehead atoms. The molecule has 4 heteroatoms. The SMILES string of the molecule is C[N+](C)(CCCCc1ccccc1)C1CC2CCC1C2OC(=O)C(O)(c1ccccc1)c1ccccc1. The molecule has 0 spiro atoms. The molecule has 5 rings (SSSR count). The first-order valence-corrected chi connectivity index (χ1v) is 13.8. The van der Waals surface area contributed by atoms with Crippen molar-refractivity contribution < 1.29 is 19.1 Å². The molecular formula is C33H40NO3+. The number of ether oxygens (including phenoxy) is 1. The zero-order valence-electron chi connectivity index (χ0n) is 22.1. The van der Waals surface area contributed by atoms with Crippen LogP contribution in [-0.2, 0) is 21.6 Å². The molecule has 0 radical (unpaired) electrons. The van der Waals surface area contributed by atoms with Gasteiger partial charge in [-0.25, -0.2) is 4.79 Å². The second-order valence-electron chi connectivity index (χ2n) is 11.6. The van der Waals surface area contributed by atoms with Crippen molar-refractivity contribution in [1.29, 1.82) is 0 Å². The first-order chi connectivity index (χ1) is 17.9. The van der Waals surface area contributed by atoms with Crippen LogP contribution < -0.4 is 0 Å². The highest BCUT2D eigenvalue weighted by Crippen LogP contribution is 2.50. The number of carbonyl (C=O) groups is 1. The molecule has 2 aliphatic carbocycles. The monoisotopic (exact) mass is 498 g/mol. The van der Waals surface area contributed by atoms with Crippen LogP contribution in [-0.4, -0.2) is 48.3 Å². The lowest BCUT2D eigenvalue weighted by Crippen LogP contribution is -2.52. The molecule has 3 aromatic rings. The minimum Gasteiger partial charge on any atom is -0.459 e. The van der Waals surface area contributed by atoms with Gasteiger partial charge < -0.3 is 14.3 Å². The predicted molar refractivity (Wildman–Crippen MR) is 147 cm³/mol. The van der Waals surface area contributed by atoms with Gasteiger partial charge >= 0.3 is 5.97 Å². The van der Waals surface area contributed by atoms with Gasteiger partial charge in [-0.15, -0.1) is 0 Å². The summed E-state index contributed by atoms with van der Waals surface area (Å²) in [5.74, 6) is 0.158. The highest BCUT2D eigenvalue weighted by atomic mass is 16.6. The number of fused-ring (bicyclic) bond motifs is 2. The molecule has 37 heavy (non-hydrogen) atoms. The Balaban J connectivity index is 1.27. The van der Waals surface area contributed by atoms with E-state index in [9.17, 15) is 9.90 Å². The molecule has 2 saturated carbocycles. The molecule has 0 aromatic heterocycles. The van der Waals surface area contributed by atoms with E-state index in [1.54, 1.807) is 24.3 Å². The molecule has 0 saturated heterocycles. The van der Waals surface area contributed by atoms with Crippen LogP contribution in [0.5, 0.6) is 0 Å². The number of nitrogens with zero attached hydrogens (tertiary/aromatic N) is 1. The van der Waals surface area contributed by atoms with Crippen LogP contribution >= 0.6 is 0 Å². The molecule has 0 heterocycles. The molecule has 0 aliphatic heterocycles. The molecule has 4 nitrogen and oxygen atoms in total. The first kappa shape index (κ1) is 25.7. The lowest BCUT2D eigenvalue weighted by Gasteiger charge is -2.40. The highest BCUT2D eigenvalue weighted by Gasteiger charge is 2.57. The predicted octanol–water partition coefficient (Wildman–Crippen LogP) is 5.73. The smallest absolute Gasteiger partial charge is 0.347 e. The van der Waals surface area contributed by atoms with E-state index in [1.165, 1.54) is 18.4 Å². The van der Waals surface area contributed by atoms with Crippen LogP contribution in [0.3, 0.4) is 0 Å². The third-order valence-electron chi connectivity index (χ3n) is 8.91. The van der Waals surface area contributed by atoms with Gasteiger partial charge in [-0.2, -0.15) is 0 Å². The van der Waals surface area contributed by atoms with E-state index in [1.807, 2.05) is 36.4 Å². The van der Waals surface area contributed by atoms with E-state index < -0.39 is 11.6 Å². The van der Waals surface area contributed by atoms with Gasteiger partial charge in [0.15, 0.2) is 0 Å². The summed E-state index contributed by atoms with van der Waals surface area (Å²) in [6.45, 7) is 1.12. The van der Waals surface area contributed by atoms with Gasteiger partial charge in [0.25, 0.3) is 0 Å². The fourth-order valence-electron chi connectivity index (χ4n) is 6.85. The molecule has 2 fully saturated rings. The van der Waals surface area contributed by atoms with Crippen LogP contribution in [0.4, 0.5) is 0 Å². The fourth-order valence-corrected chi connectivity index (χ4v) is 6.85. The molecule has 2 aliphatic rings. The maximum atomic E-state index is 13.8. The van der Waals surface area contributed by atoms with E-state index in [-0.39, 0.29) is 6.10 Å². The quantitative estimate of drug-likeness (QED) is 0.221. The average molecular weight is 499 g/mol. The zero-order chi connectivity index (χ0) is 25.9. The maximum Gasteiger partial charge on any atom is 0.347 e. The second-order valence-corrected chi connectivity index (χ2v) is 11.6. The number of quaternary nitrogens is 1. The van der Waals surface area contributed by atoms with Crippen LogP contribution in [0.15, 0.2) is 91.0 Å². The largest absolute Gasteiger partial charge is 0.459 e. The Morgan fingerprint density at radius 3 is 2.03 bits per heavy atom. The molecule has 4 unspecified atom stereocenters. The van der Waals surface area contributed by atoms with Crippen LogP contribution in [0.2, 0.25) is 0 Å². The van der Waals surface area contributed by atoms with E-state index in [4.69, 9.17) is 4.74 Å². The van der Waals surface area contributed by atoms with Gasteiger partial charge in [-0.05, 0) is 48.8 Å². The number of esters is 1. The lowest BCUT2D eigenvalue weighted by atomic mass is 9.86. The standard InChI is InChI=1S/C33H40NO3/c1-34(2,23-13-12-16-25-14-6-3-7-15-25)30-24-26-21-22-29(30)31(26)37-32(35)33(36,27-17-8-4-9-18-27)28-19-10-5-11-20-28/h3-11,14-15,17-20,26,29-31,36H,12-13,16,21-24H2,1-2H3/q+1. The van der Waals surface area contributed by atoms with Gasteiger partial charge in [-0.3, -0.25) is 0 Å². The minimum absolute atomic E-state index is 0.127. The van der Waals surface area contributed by atoms with E-state index >= 15 is 0 Å². The molecule has 1 N–H and O–H groups in total. The molecular weight excluding hydrogens is 458 g/mol. The van der Waals surface area contributed by atoms with Crippen LogP contribution in [0.25, 0.3) is 0 Å². The third-order valence-corrected chi connectivity index (χ3v) is 8.91. The van der Waals surface area contributed by atoms with Gasteiger partial charge in [0, 0.05) is 18.3 Å². The second kappa shape index (κ2) is 10.8. The highest BCUT2D eigenvalue weighted by molar-refractivity contribution is 5.85. The van der Waals surface area contributed by atoms with Crippen LogP contribution in [0, 0.1) is 11.8 Å². The molecule has 0 amide bonds.